The Hall–Kier alpha value is -1.86. The number of rotatable bonds is 5. The van der Waals surface area contributed by atoms with Crippen LogP contribution in [0.25, 0.3) is 0 Å². The van der Waals surface area contributed by atoms with Gasteiger partial charge in [0.1, 0.15) is 12.2 Å². The van der Waals surface area contributed by atoms with Gasteiger partial charge >= 0.3 is 12.5 Å². The van der Waals surface area contributed by atoms with Crippen LogP contribution < -0.4 is 4.74 Å². The third-order valence-corrected chi connectivity index (χ3v) is 3.04. The normalized spacial score (nSPS) is 10.9. The highest BCUT2D eigenvalue weighted by molar-refractivity contribution is 6.36. The minimum absolute atomic E-state index is 0.0324. The summed E-state index contributed by atoms with van der Waals surface area (Å²) in [5.74, 6) is -1.52. The van der Waals surface area contributed by atoms with E-state index in [1.165, 1.54) is 12.3 Å². The summed E-state index contributed by atoms with van der Waals surface area (Å²) in [6, 6.07) is 2.45. The minimum Gasteiger partial charge on any atom is -0.483 e. The number of ether oxygens (including phenoxy) is 1. The summed E-state index contributed by atoms with van der Waals surface area (Å²) in [5.41, 5.74) is -0.261. The number of benzene rings is 1. The van der Waals surface area contributed by atoms with Crippen molar-refractivity contribution >= 4 is 29.2 Å². The van der Waals surface area contributed by atoms with Crippen molar-refractivity contribution in [2.75, 3.05) is 0 Å². The highest BCUT2D eigenvalue weighted by Crippen LogP contribution is 2.33. The molecule has 9 heteroatoms. The van der Waals surface area contributed by atoms with E-state index in [-0.39, 0.29) is 33.8 Å². The topological polar surface area (TPSA) is 64.3 Å². The summed E-state index contributed by atoms with van der Waals surface area (Å²) in [6.45, 7) is -3.13. The Bertz CT molecular complexity index is 677. The summed E-state index contributed by atoms with van der Waals surface area (Å²) >= 11 is 11.6. The van der Waals surface area contributed by atoms with Gasteiger partial charge in [-0.25, -0.2) is 9.78 Å². The summed E-state index contributed by atoms with van der Waals surface area (Å²) in [7, 11) is 0. The van der Waals surface area contributed by atoms with Crippen LogP contribution in [0.5, 0.6) is 5.75 Å². The fourth-order valence-electron chi connectivity index (χ4n) is 1.64. The first kappa shape index (κ1) is 15.5. The molecule has 0 aliphatic heterocycles. The van der Waals surface area contributed by atoms with Crippen LogP contribution in [0.2, 0.25) is 10.0 Å². The van der Waals surface area contributed by atoms with Gasteiger partial charge in [0.15, 0.2) is 11.6 Å². The second kappa shape index (κ2) is 6.28. The Morgan fingerprint density at radius 1 is 1.43 bits per heavy atom. The molecule has 1 aromatic carbocycles. The lowest BCUT2D eigenvalue weighted by Gasteiger charge is -2.12. The van der Waals surface area contributed by atoms with Gasteiger partial charge in [0.25, 0.3) is 0 Å². The third-order valence-electron chi connectivity index (χ3n) is 2.54. The smallest absolute Gasteiger partial charge is 0.339 e. The van der Waals surface area contributed by atoms with Gasteiger partial charge in [-0.3, -0.25) is 4.57 Å². The molecule has 0 aliphatic rings. The molecule has 0 bridgehead atoms. The van der Waals surface area contributed by atoms with E-state index in [4.69, 9.17) is 33.0 Å². The number of aromatic nitrogens is 2. The first-order chi connectivity index (χ1) is 9.90. The van der Waals surface area contributed by atoms with Crippen LogP contribution in [0.3, 0.4) is 0 Å². The molecule has 0 radical (unpaired) electrons. The molecule has 0 unspecified atom stereocenters. The first-order valence-corrected chi connectivity index (χ1v) is 6.30. The molecule has 21 heavy (non-hydrogen) atoms. The van der Waals surface area contributed by atoms with Crippen molar-refractivity contribution in [1.29, 1.82) is 0 Å². The predicted octanol–water partition coefficient (Wildman–Crippen LogP) is 3.86. The molecular formula is C12H8Cl2F2N2O3. The average Bonchev–Trinajstić information content (AvgIpc) is 2.85. The Morgan fingerprint density at radius 2 is 2.14 bits per heavy atom. The van der Waals surface area contributed by atoms with Gasteiger partial charge in [-0.05, 0) is 12.1 Å². The van der Waals surface area contributed by atoms with E-state index in [1.54, 1.807) is 0 Å². The molecule has 2 rings (SSSR count). The van der Waals surface area contributed by atoms with E-state index in [2.05, 4.69) is 4.98 Å². The molecule has 0 amide bonds. The van der Waals surface area contributed by atoms with Crippen LogP contribution in [0.4, 0.5) is 8.78 Å². The number of halogens is 4. The van der Waals surface area contributed by atoms with E-state index in [0.717, 1.165) is 12.3 Å². The Labute approximate surface area is 127 Å². The highest BCUT2D eigenvalue weighted by atomic mass is 35.5. The molecule has 0 spiro atoms. The molecule has 112 valence electrons. The van der Waals surface area contributed by atoms with Crippen LogP contribution in [0.15, 0.2) is 24.5 Å². The molecule has 1 aromatic heterocycles. The summed E-state index contributed by atoms with van der Waals surface area (Å²) in [6.07, 6.45) is 2.28. The van der Waals surface area contributed by atoms with Crippen molar-refractivity contribution in [2.24, 2.45) is 0 Å². The molecule has 0 aliphatic carbocycles. The van der Waals surface area contributed by atoms with Crippen LogP contribution in [-0.2, 0) is 6.61 Å². The number of nitrogens with zero attached hydrogens (tertiary/aromatic N) is 2. The van der Waals surface area contributed by atoms with E-state index in [1.807, 2.05) is 0 Å². The lowest BCUT2D eigenvalue weighted by Crippen LogP contribution is -2.09. The third kappa shape index (κ3) is 3.43. The summed E-state index contributed by atoms with van der Waals surface area (Å²) in [5, 5.41) is 9.17. The standard InChI is InChI=1S/C12H8Cl2F2N2O3/c13-6-3-7(11(19)20)10(8(14)4-6)21-5-9-17-1-2-18(9)12(15)16/h1-4,12H,5H2,(H,19,20). The number of hydrogen-bond donors (Lipinski definition) is 1. The lowest BCUT2D eigenvalue weighted by molar-refractivity contribution is 0.0623. The summed E-state index contributed by atoms with van der Waals surface area (Å²) in [4.78, 5) is 14.8. The van der Waals surface area contributed by atoms with Gasteiger partial charge in [0.05, 0.1) is 5.02 Å². The summed E-state index contributed by atoms with van der Waals surface area (Å²) < 4.78 is 31.1. The monoisotopic (exact) mass is 336 g/mol. The van der Waals surface area contributed by atoms with Crippen LogP contribution in [0.1, 0.15) is 22.7 Å². The van der Waals surface area contributed by atoms with E-state index in [0.29, 0.717) is 4.57 Å². The van der Waals surface area contributed by atoms with Crippen molar-refractivity contribution in [3.8, 4) is 5.75 Å². The second-order valence-electron chi connectivity index (χ2n) is 3.89. The number of carboxylic acids is 1. The fourth-order valence-corrected chi connectivity index (χ4v) is 2.18. The number of hydrogen-bond acceptors (Lipinski definition) is 3. The van der Waals surface area contributed by atoms with Crippen molar-refractivity contribution in [2.45, 2.75) is 13.2 Å². The zero-order chi connectivity index (χ0) is 15.6. The molecule has 1 heterocycles. The maximum atomic E-state index is 12.7. The fraction of sp³-hybridized carbons (Fsp3) is 0.167. The number of carboxylic acid groups (broad SMARTS) is 1. The SMILES string of the molecule is O=C(O)c1cc(Cl)cc(Cl)c1OCc1nccn1C(F)F. The minimum atomic E-state index is -2.77. The van der Waals surface area contributed by atoms with E-state index < -0.39 is 12.5 Å². The Balaban J connectivity index is 2.28. The van der Waals surface area contributed by atoms with Crippen molar-refractivity contribution in [3.05, 3.63) is 46.0 Å². The maximum Gasteiger partial charge on any atom is 0.339 e. The Kier molecular flexibility index (Phi) is 4.64. The molecule has 2 aromatic rings. The van der Waals surface area contributed by atoms with Gasteiger partial charge < -0.3 is 9.84 Å². The van der Waals surface area contributed by atoms with Crippen molar-refractivity contribution < 1.29 is 23.4 Å². The molecule has 5 nitrogen and oxygen atoms in total. The van der Waals surface area contributed by atoms with Gasteiger partial charge in [0, 0.05) is 17.4 Å². The Morgan fingerprint density at radius 3 is 2.76 bits per heavy atom. The van der Waals surface area contributed by atoms with Gasteiger partial charge in [-0.1, -0.05) is 23.2 Å². The number of aromatic carboxylic acids is 1. The zero-order valence-corrected chi connectivity index (χ0v) is 11.8. The zero-order valence-electron chi connectivity index (χ0n) is 10.3. The average molecular weight is 337 g/mol. The van der Waals surface area contributed by atoms with Crippen LogP contribution in [-0.4, -0.2) is 20.6 Å². The molecule has 0 fully saturated rings. The molecule has 0 saturated carbocycles. The largest absolute Gasteiger partial charge is 0.483 e. The molecule has 1 N–H and O–H groups in total. The van der Waals surface area contributed by atoms with Crippen molar-refractivity contribution in [1.82, 2.24) is 9.55 Å². The molecular weight excluding hydrogens is 329 g/mol. The molecule has 0 saturated heterocycles. The van der Waals surface area contributed by atoms with Crippen LogP contribution >= 0.6 is 23.2 Å². The maximum absolute atomic E-state index is 12.7. The number of carbonyl (C=O) groups is 1. The van der Waals surface area contributed by atoms with Gasteiger partial charge in [-0.2, -0.15) is 8.78 Å². The van der Waals surface area contributed by atoms with Gasteiger partial charge in [0.2, 0.25) is 0 Å². The van der Waals surface area contributed by atoms with Crippen LogP contribution in [0, 0.1) is 0 Å². The number of imidazole rings is 1. The predicted molar refractivity (Wildman–Crippen MR) is 71.2 cm³/mol. The first-order valence-electron chi connectivity index (χ1n) is 5.55. The van der Waals surface area contributed by atoms with E-state index >= 15 is 0 Å². The van der Waals surface area contributed by atoms with Gasteiger partial charge in [-0.15, -0.1) is 0 Å². The second-order valence-corrected chi connectivity index (χ2v) is 4.73. The highest BCUT2D eigenvalue weighted by Gasteiger charge is 2.18. The van der Waals surface area contributed by atoms with Crippen molar-refractivity contribution in [3.63, 3.8) is 0 Å². The molecule has 0 atom stereocenters. The lowest BCUT2D eigenvalue weighted by atomic mass is 10.2. The number of alkyl halides is 2. The van der Waals surface area contributed by atoms with E-state index in [9.17, 15) is 13.6 Å². The quantitative estimate of drug-likeness (QED) is 0.900.